The first-order valence-corrected chi connectivity index (χ1v) is 3.57. The number of nitrogens with one attached hydrogen (secondary N) is 1. The van der Waals surface area contributed by atoms with Crippen molar-refractivity contribution in [3.63, 3.8) is 0 Å². The van der Waals surface area contributed by atoms with Crippen molar-refractivity contribution in [2.45, 2.75) is 6.54 Å². The maximum Gasteiger partial charge on any atom is 0.203 e. The van der Waals surface area contributed by atoms with E-state index >= 15 is 0 Å². The molecule has 1 rings (SSSR count). The highest BCUT2D eigenvalue weighted by molar-refractivity contribution is 5.76. The first-order valence-electron chi connectivity index (χ1n) is 3.57. The maximum atomic E-state index is 5.30. The molecule has 0 saturated carbocycles. The Morgan fingerprint density at radius 2 is 2.50 bits per heavy atom. The first kappa shape index (κ1) is 8.54. The van der Waals surface area contributed by atoms with E-state index in [1.54, 1.807) is 10.9 Å². The summed E-state index contributed by atoms with van der Waals surface area (Å²) in [5.41, 5.74) is 7.54. The van der Waals surface area contributed by atoms with Gasteiger partial charge in [0, 0.05) is 12.4 Å². The third-order valence-corrected chi connectivity index (χ3v) is 1.32. The Kier molecular flexibility index (Phi) is 3.09. The van der Waals surface area contributed by atoms with Crippen LogP contribution in [0.15, 0.2) is 23.5 Å². The van der Waals surface area contributed by atoms with E-state index in [-0.39, 0.29) is 5.96 Å². The topological polar surface area (TPSA) is 94.2 Å². The molecule has 0 fully saturated rings. The molecule has 1 heterocycles. The summed E-state index contributed by atoms with van der Waals surface area (Å²) in [7, 11) is 0. The minimum atomic E-state index is 0.238. The minimum absolute atomic E-state index is 0.238. The Balaban J connectivity index is 2.28. The molecule has 5 N–H and O–H groups in total. The molecule has 0 aliphatic heterocycles. The Morgan fingerprint density at radius 3 is 3.08 bits per heavy atom. The van der Waals surface area contributed by atoms with Crippen LogP contribution in [-0.4, -0.2) is 22.3 Å². The summed E-state index contributed by atoms with van der Waals surface area (Å²) in [4.78, 5) is 3.92. The van der Waals surface area contributed by atoms with Crippen LogP contribution in [0.3, 0.4) is 0 Å². The molecule has 6 heteroatoms. The summed E-state index contributed by atoms with van der Waals surface area (Å²) in [5, 5.41) is 3.99. The van der Waals surface area contributed by atoms with E-state index in [0.717, 1.165) is 0 Å². The Bertz CT molecular complexity index is 239. The van der Waals surface area contributed by atoms with Gasteiger partial charge in [0.25, 0.3) is 0 Å². The molecular weight excluding hydrogens is 156 g/mol. The second kappa shape index (κ2) is 4.35. The second-order valence-electron chi connectivity index (χ2n) is 2.18. The molecule has 0 spiro atoms. The van der Waals surface area contributed by atoms with Gasteiger partial charge in [-0.15, -0.1) is 0 Å². The molecule has 6 nitrogen and oxygen atoms in total. The Labute approximate surface area is 70.2 Å². The quantitative estimate of drug-likeness (QED) is 0.225. The van der Waals surface area contributed by atoms with Crippen LogP contribution in [-0.2, 0) is 6.54 Å². The van der Waals surface area contributed by atoms with Gasteiger partial charge in [0.05, 0.1) is 13.1 Å². The molecule has 12 heavy (non-hydrogen) atoms. The Hall–Kier alpha value is -1.56. The Morgan fingerprint density at radius 1 is 1.67 bits per heavy atom. The predicted octanol–water partition coefficient (Wildman–Crippen LogP) is -1.34. The first-order chi connectivity index (χ1) is 5.83. The summed E-state index contributed by atoms with van der Waals surface area (Å²) in [5.74, 6) is 5.24. The summed E-state index contributed by atoms with van der Waals surface area (Å²) in [6.45, 7) is 1.27. The summed E-state index contributed by atoms with van der Waals surface area (Å²) >= 11 is 0. The van der Waals surface area contributed by atoms with E-state index < -0.39 is 0 Å². The van der Waals surface area contributed by atoms with Gasteiger partial charge in [-0.25, -0.2) is 5.84 Å². The number of rotatable bonds is 3. The van der Waals surface area contributed by atoms with Crippen LogP contribution in [0.1, 0.15) is 0 Å². The van der Waals surface area contributed by atoms with Crippen molar-refractivity contribution >= 4 is 5.96 Å². The number of nitrogens with zero attached hydrogens (tertiary/aromatic N) is 3. The smallest absolute Gasteiger partial charge is 0.203 e. The molecule has 66 valence electrons. The molecule has 0 aliphatic carbocycles. The molecule has 0 unspecified atom stereocenters. The average Bonchev–Trinajstić information content (AvgIpc) is 2.57. The van der Waals surface area contributed by atoms with E-state index in [0.29, 0.717) is 13.1 Å². The maximum absolute atomic E-state index is 5.30. The normalized spacial score (nSPS) is 11.6. The second-order valence-corrected chi connectivity index (χ2v) is 2.18. The van der Waals surface area contributed by atoms with Crippen LogP contribution in [0.25, 0.3) is 0 Å². The molecule has 0 radical (unpaired) electrons. The van der Waals surface area contributed by atoms with Gasteiger partial charge >= 0.3 is 0 Å². The zero-order valence-corrected chi connectivity index (χ0v) is 6.64. The van der Waals surface area contributed by atoms with Crippen molar-refractivity contribution in [3.8, 4) is 0 Å². The highest BCUT2D eigenvalue weighted by Crippen LogP contribution is 1.83. The monoisotopic (exact) mass is 168 g/mol. The molecule has 0 aromatic carbocycles. The van der Waals surface area contributed by atoms with Gasteiger partial charge in [0.2, 0.25) is 5.96 Å². The average molecular weight is 168 g/mol. The van der Waals surface area contributed by atoms with Gasteiger partial charge in [0.15, 0.2) is 0 Å². The molecule has 0 amide bonds. The number of guanidine groups is 1. The van der Waals surface area contributed by atoms with Crippen molar-refractivity contribution in [3.05, 3.63) is 18.5 Å². The fraction of sp³-hybridized carbons (Fsp3) is 0.333. The van der Waals surface area contributed by atoms with Gasteiger partial charge in [-0.2, -0.15) is 5.10 Å². The van der Waals surface area contributed by atoms with E-state index in [1.807, 2.05) is 12.3 Å². The van der Waals surface area contributed by atoms with E-state index in [2.05, 4.69) is 15.5 Å². The van der Waals surface area contributed by atoms with E-state index in [9.17, 15) is 0 Å². The van der Waals surface area contributed by atoms with Gasteiger partial charge in [0.1, 0.15) is 0 Å². The largest absolute Gasteiger partial charge is 0.369 e. The standard InChI is InChI=1S/C6H12N6/c7-6(11-8)9-3-5-12-4-1-2-10-12/h1-2,4H,3,5,8H2,(H3,7,9,11). The summed E-state index contributed by atoms with van der Waals surface area (Å²) in [6.07, 6.45) is 3.58. The molecule has 0 aliphatic rings. The van der Waals surface area contributed by atoms with Crippen LogP contribution >= 0.6 is 0 Å². The molecule has 1 aromatic rings. The van der Waals surface area contributed by atoms with Crippen molar-refractivity contribution in [1.82, 2.24) is 15.2 Å². The lowest BCUT2D eigenvalue weighted by Crippen LogP contribution is -2.37. The molecular formula is C6H12N6. The molecule has 0 bridgehead atoms. The SMILES string of the molecule is NNC(N)=NCCn1cccn1. The number of hydrogen-bond acceptors (Lipinski definition) is 3. The fourth-order valence-electron chi connectivity index (χ4n) is 0.751. The van der Waals surface area contributed by atoms with Gasteiger partial charge in [-0.05, 0) is 6.07 Å². The van der Waals surface area contributed by atoms with Gasteiger partial charge < -0.3 is 5.73 Å². The van der Waals surface area contributed by atoms with Crippen molar-refractivity contribution in [2.75, 3.05) is 6.54 Å². The number of hydrazine groups is 1. The zero-order chi connectivity index (χ0) is 8.81. The van der Waals surface area contributed by atoms with Crippen LogP contribution < -0.4 is 17.0 Å². The van der Waals surface area contributed by atoms with E-state index in [4.69, 9.17) is 11.6 Å². The van der Waals surface area contributed by atoms with Crippen molar-refractivity contribution < 1.29 is 0 Å². The van der Waals surface area contributed by atoms with Crippen LogP contribution in [0, 0.1) is 0 Å². The molecule has 0 atom stereocenters. The number of aliphatic imine (C=N–C) groups is 1. The number of hydrogen-bond donors (Lipinski definition) is 3. The highest BCUT2D eigenvalue weighted by Gasteiger charge is 1.88. The predicted molar refractivity (Wildman–Crippen MR) is 46.0 cm³/mol. The van der Waals surface area contributed by atoms with Crippen LogP contribution in [0.2, 0.25) is 0 Å². The van der Waals surface area contributed by atoms with Crippen LogP contribution in [0.5, 0.6) is 0 Å². The lowest BCUT2D eigenvalue weighted by atomic mass is 10.6. The number of aromatic nitrogens is 2. The highest BCUT2D eigenvalue weighted by atomic mass is 15.3. The van der Waals surface area contributed by atoms with Crippen molar-refractivity contribution in [2.24, 2.45) is 16.6 Å². The van der Waals surface area contributed by atoms with Gasteiger partial charge in [-0.3, -0.25) is 15.1 Å². The van der Waals surface area contributed by atoms with Crippen LogP contribution in [0.4, 0.5) is 0 Å². The third-order valence-electron chi connectivity index (χ3n) is 1.32. The zero-order valence-electron chi connectivity index (χ0n) is 6.64. The number of nitrogens with two attached hydrogens (primary N) is 2. The fourth-order valence-corrected chi connectivity index (χ4v) is 0.751. The summed E-state index contributed by atoms with van der Waals surface area (Å²) in [6, 6.07) is 1.86. The third kappa shape index (κ3) is 2.59. The lowest BCUT2D eigenvalue weighted by molar-refractivity contribution is 0.624. The van der Waals surface area contributed by atoms with Gasteiger partial charge in [-0.1, -0.05) is 0 Å². The lowest BCUT2D eigenvalue weighted by Gasteiger charge is -1.99. The van der Waals surface area contributed by atoms with E-state index in [1.165, 1.54) is 0 Å². The minimum Gasteiger partial charge on any atom is -0.369 e. The molecule has 0 saturated heterocycles. The van der Waals surface area contributed by atoms with Crippen molar-refractivity contribution in [1.29, 1.82) is 0 Å². The summed E-state index contributed by atoms with van der Waals surface area (Å²) < 4.78 is 1.77. The molecule has 1 aromatic heterocycles.